The molecule has 0 saturated heterocycles. The molecule has 0 amide bonds. The second-order valence-corrected chi connectivity index (χ2v) is 5.44. The number of aldehydes is 1. The van der Waals surface area contributed by atoms with Crippen molar-refractivity contribution in [3.05, 3.63) is 48.1 Å². The van der Waals surface area contributed by atoms with Crippen LogP contribution in [0.4, 0.5) is 0 Å². The lowest BCUT2D eigenvalue weighted by molar-refractivity contribution is -0.123. The molecule has 1 aliphatic carbocycles. The first-order valence-corrected chi connectivity index (χ1v) is 7.86. The predicted octanol–water partition coefficient (Wildman–Crippen LogP) is 4.73. The monoisotopic (exact) mass is 286 g/mol. The largest absolute Gasteiger partial charge is 0.303 e. The maximum atomic E-state index is 12.3. The Morgan fingerprint density at radius 2 is 2.24 bits per heavy atom. The number of unbranched alkanes of at least 4 members (excludes halogenated alkanes) is 2. The van der Waals surface area contributed by atoms with Crippen molar-refractivity contribution < 1.29 is 9.59 Å². The highest BCUT2D eigenvalue weighted by molar-refractivity contribution is 5.81. The third kappa shape index (κ3) is 6.07. The van der Waals surface area contributed by atoms with Crippen molar-refractivity contribution in [3.8, 4) is 0 Å². The number of hydrogen-bond acceptors (Lipinski definition) is 2. The van der Waals surface area contributed by atoms with Gasteiger partial charge in [-0.1, -0.05) is 43.9 Å². The average Bonchev–Trinajstić information content (AvgIpc) is 2.50. The van der Waals surface area contributed by atoms with Crippen LogP contribution in [0.5, 0.6) is 0 Å². The summed E-state index contributed by atoms with van der Waals surface area (Å²) in [4.78, 5) is 22.6. The first-order chi connectivity index (χ1) is 10.2. The average molecular weight is 286 g/mol. The standard InChI is InChI=1S/C19H26O2/c1-3-10-17-11-7-8-12-18(17)15-16(4-2)19(21)13-6-5-9-14-20/h3,7-8,10,12,14,16H,1,4-6,9,11,13,15H2,2H3. The molecule has 0 heterocycles. The van der Waals surface area contributed by atoms with Gasteiger partial charge in [0, 0.05) is 18.8 Å². The maximum absolute atomic E-state index is 12.3. The van der Waals surface area contributed by atoms with Crippen LogP contribution in [0.15, 0.2) is 48.1 Å². The maximum Gasteiger partial charge on any atom is 0.136 e. The molecule has 0 aliphatic heterocycles. The Hall–Kier alpha value is -1.70. The normalized spacial score (nSPS) is 17.4. The van der Waals surface area contributed by atoms with Crippen LogP contribution in [0.25, 0.3) is 0 Å². The lowest BCUT2D eigenvalue weighted by atomic mass is 9.85. The van der Waals surface area contributed by atoms with Gasteiger partial charge < -0.3 is 4.79 Å². The summed E-state index contributed by atoms with van der Waals surface area (Å²) in [6, 6.07) is 0. The van der Waals surface area contributed by atoms with Gasteiger partial charge in [-0.15, -0.1) is 0 Å². The molecule has 21 heavy (non-hydrogen) atoms. The summed E-state index contributed by atoms with van der Waals surface area (Å²) in [6.07, 6.45) is 16.5. The van der Waals surface area contributed by atoms with Crippen LogP contribution in [0, 0.1) is 5.92 Å². The van der Waals surface area contributed by atoms with Gasteiger partial charge >= 0.3 is 0 Å². The molecule has 0 saturated carbocycles. The number of allylic oxidation sites excluding steroid dienone is 7. The first-order valence-electron chi connectivity index (χ1n) is 7.86. The van der Waals surface area contributed by atoms with E-state index in [2.05, 4.69) is 31.7 Å². The van der Waals surface area contributed by atoms with Gasteiger partial charge in [0.2, 0.25) is 0 Å². The van der Waals surface area contributed by atoms with E-state index in [0.717, 1.165) is 38.4 Å². The van der Waals surface area contributed by atoms with Gasteiger partial charge in [-0.25, -0.2) is 0 Å². The Morgan fingerprint density at radius 1 is 1.43 bits per heavy atom. The highest BCUT2D eigenvalue weighted by atomic mass is 16.1. The van der Waals surface area contributed by atoms with Gasteiger partial charge in [-0.2, -0.15) is 0 Å². The van der Waals surface area contributed by atoms with Crippen LogP contribution in [0.2, 0.25) is 0 Å². The van der Waals surface area contributed by atoms with E-state index in [4.69, 9.17) is 0 Å². The summed E-state index contributed by atoms with van der Waals surface area (Å²) in [5.74, 6) is 0.420. The number of hydrogen-bond donors (Lipinski definition) is 0. The molecule has 1 rings (SSSR count). The van der Waals surface area contributed by atoms with Gasteiger partial charge in [0.05, 0.1) is 0 Å². The van der Waals surface area contributed by atoms with Gasteiger partial charge in [-0.05, 0) is 43.3 Å². The SMILES string of the molecule is C=CC=C1CC=CC=C1CC(CC)C(=O)CCCCC=O. The summed E-state index contributed by atoms with van der Waals surface area (Å²) in [7, 11) is 0. The first kappa shape index (κ1) is 17.4. The van der Waals surface area contributed by atoms with Crippen LogP contribution in [0.1, 0.15) is 51.9 Å². The van der Waals surface area contributed by atoms with Crippen molar-refractivity contribution in [3.63, 3.8) is 0 Å². The van der Waals surface area contributed by atoms with Crippen molar-refractivity contribution in [2.24, 2.45) is 5.92 Å². The second-order valence-electron chi connectivity index (χ2n) is 5.44. The Bertz CT molecular complexity index is 452. The van der Waals surface area contributed by atoms with Crippen molar-refractivity contribution in [2.75, 3.05) is 0 Å². The fourth-order valence-electron chi connectivity index (χ4n) is 2.62. The van der Waals surface area contributed by atoms with Crippen molar-refractivity contribution >= 4 is 12.1 Å². The van der Waals surface area contributed by atoms with E-state index in [1.165, 1.54) is 11.1 Å². The van der Waals surface area contributed by atoms with Gasteiger partial charge in [0.1, 0.15) is 12.1 Å². The number of rotatable bonds is 10. The number of carbonyl (C=O) groups excluding carboxylic acids is 2. The zero-order chi connectivity index (χ0) is 15.5. The number of ketones is 1. The summed E-state index contributed by atoms with van der Waals surface area (Å²) in [5, 5.41) is 0. The molecule has 2 heteroatoms. The predicted molar refractivity (Wildman–Crippen MR) is 88.1 cm³/mol. The molecular formula is C19H26O2. The summed E-state index contributed by atoms with van der Waals surface area (Å²) in [5.41, 5.74) is 2.52. The molecule has 0 bridgehead atoms. The van der Waals surface area contributed by atoms with E-state index < -0.39 is 0 Å². The van der Waals surface area contributed by atoms with E-state index in [9.17, 15) is 9.59 Å². The lowest BCUT2D eigenvalue weighted by Gasteiger charge is -2.19. The van der Waals surface area contributed by atoms with Crippen LogP contribution in [-0.2, 0) is 9.59 Å². The Labute approximate surface area is 128 Å². The van der Waals surface area contributed by atoms with Crippen LogP contribution >= 0.6 is 0 Å². The van der Waals surface area contributed by atoms with E-state index in [-0.39, 0.29) is 5.92 Å². The van der Waals surface area contributed by atoms with Crippen molar-refractivity contribution in [1.82, 2.24) is 0 Å². The molecule has 1 unspecified atom stereocenters. The molecule has 0 radical (unpaired) electrons. The van der Waals surface area contributed by atoms with Crippen LogP contribution in [0.3, 0.4) is 0 Å². The second kappa shape index (κ2) is 10.1. The molecule has 2 nitrogen and oxygen atoms in total. The van der Waals surface area contributed by atoms with E-state index >= 15 is 0 Å². The molecule has 1 aliphatic rings. The molecule has 0 aromatic heterocycles. The Morgan fingerprint density at radius 3 is 2.90 bits per heavy atom. The molecule has 0 spiro atoms. The topological polar surface area (TPSA) is 34.1 Å². The number of Topliss-reactive ketones (excluding diaryl/α,β-unsaturated/α-hetero) is 1. The van der Waals surface area contributed by atoms with Gasteiger partial charge in [0.25, 0.3) is 0 Å². The minimum atomic E-state index is 0.0900. The van der Waals surface area contributed by atoms with E-state index in [1.807, 2.05) is 12.2 Å². The molecule has 114 valence electrons. The van der Waals surface area contributed by atoms with Crippen LogP contribution < -0.4 is 0 Å². The van der Waals surface area contributed by atoms with Crippen LogP contribution in [-0.4, -0.2) is 12.1 Å². The zero-order valence-corrected chi connectivity index (χ0v) is 13.0. The third-order valence-electron chi connectivity index (χ3n) is 3.91. The summed E-state index contributed by atoms with van der Waals surface area (Å²) in [6.45, 7) is 5.83. The molecule has 0 fully saturated rings. The molecule has 0 N–H and O–H groups in total. The highest BCUT2D eigenvalue weighted by Crippen LogP contribution is 2.28. The fraction of sp³-hybridized carbons (Fsp3) is 0.474. The highest BCUT2D eigenvalue weighted by Gasteiger charge is 2.19. The zero-order valence-electron chi connectivity index (χ0n) is 13.0. The molecule has 1 atom stereocenters. The van der Waals surface area contributed by atoms with Crippen molar-refractivity contribution in [1.29, 1.82) is 0 Å². The van der Waals surface area contributed by atoms with E-state index in [1.54, 1.807) is 0 Å². The van der Waals surface area contributed by atoms with Crippen molar-refractivity contribution in [2.45, 2.75) is 51.9 Å². The molecule has 0 aromatic carbocycles. The minimum Gasteiger partial charge on any atom is -0.303 e. The van der Waals surface area contributed by atoms with Gasteiger partial charge in [0.15, 0.2) is 0 Å². The quantitative estimate of drug-likeness (QED) is 0.430. The fourth-order valence-corrected chi connectivity index (χ4v) is 2.62. The number of carbonyl (C=O) groups is 2. The lowest BCUT2D eigenvalue weighted by Crippen LogP contribution is -2.15. The van der Waals surface area contributed by atoms with Gasteiger partial charge in [-0.3, -0.25) is 4.79 Å². The summed E-state index contributed by atoms with van der Waals surface area (Å²) >= 11 is 0. The Kier molecular flexibility index (Phi) is 8.34. The summed E-state index contributed by atoms with van der Waals surface area (Å²) < 4.78 is 0. The molecular weight excluding hydrogens is 260 g/mol. The minimum absolute atomic E-state index is 0.0900. The molecule has 0 aromatic rings. The third-order valence-corrected chi connectivity index (χ3v) is 3.91. The smallest absolute Gasteiger partial charge is 0.136 e. The van der Waals surface area contributed by atoms with E-state index in [0.29, 0.717) is 18.6 Å². The Balaban J connectivity index is 2.59.